The van der Waals surface area contributed by atoms with Crippen LogP contribution in [-0.2, 0) is 19.1 Å². The molecule has 0 aromatic heterocycles. The maximum Gasteiger partial charge on any atom is 0.479 e. The number of hydrazone groups is 1. The van der Waals surface area contributed by atoms with Crippen molar-refractivity contribution in [3.05, 3.63) is 35.9 Å². The van der Waals surface area contributed by atoms with Crippen molar-refractivity contribution in [3.8, 4) is 5.75 Å². The summed E-state index contributed by atoms with van der Waals surface area (Å²) in [6.07, 6.45) is 4.43. The Morgan fingerprint density at radius 3 is 2.53 bits per heavy atom. The summed E-state index contributed by atoms with van der Waals surface area (Å²) in [4.78, 5) is 38.7. The molecular weight excluding hydrogens is 575 g/mol. The quantitative estimate of drug-likeness (QED) is 0.247. The van der Waals surface area contributed by atoms with E-state index in [0.29, 0.717) is 41.6 Å². The molecule has 2 saturated carbocycles. The predicted molar refractivity (Wildman–Crippen MR) is 172 cm³/mol. The summed E-state index contributed by atoms with van der Waals surface area (Å²) in [5.41, 5.74) is 0.0931. The molecule has 1 heterocycles. The highest BCUT2D eigenvalue weighted by atomic mass is 16.6. The van der Waals surface area contributed by atoms with Gasteiger partial charge in [-0.25, -0.2) is 14.5 Å². The molecule has 2 N–H and O–H groups in total. The van der Waals surface area contributed by atoms with Gasteiger partial charge in [0.2, 0.25) is 0 Å². The van der Waals surface area contributed by atoms with Gasteiger partial charge in [0.15, 0.2) is 6.61 Å². The van der Waals surface area contributed by atoms with Crippen molar-refractivity contribution in [2.24, 2.45) is 39.1 Å². The Morgan fingerprint density at radius 2 is 1.91 bits per heavy atom. The van der Waals surface area contributed by atoms with Crippen molar-refractivity contribution in [1.82, 2.24) is 4.92 Å². The molecule has 0 radical (unpaired) electrons. The molecule has 1 amide bonds. The number of hydrogen-bond acceptors (Lipinski definition) is 9. The van der Waals surface area contributed by atoms with Gasteiger partial charge in [-0.1, -0.05) is 46.8 Å². The second-order valence-electron chi connectivity index (χ2n) is 14.0. The van der Waals surface area contributed by atoms with E-state index in [0.717, 1.165) is 17.8 Å². The van der Waals surface area contributed by atoms with Gasteiger partial charge in [-0.3, -0.25) is 0 Å². The first-order valence-corrected chi connectivity index (χ1v) is 15.9. The molecule has 1 aromatic carbocycles. The third-order valence-electron chi connectivity index (χ3n) is 12.0. The van der Waals surface area contributed by atoms with E-state index in [-0.39, 0.29) is 35.6 Å². The minimum atomic E-state index is -1.38. The Morgan fingerprint density at radius 1 is 1.22 bits per heavy atom. The van der Waals surface area contributed by atoms with Crippen LogP contribution >= 0.6 is 0 Å². The minimum Gasteiger partial charge on any atom is -0.482 e. The first-order chi connectivity index (χ1) is 21.1. The molecule has 1 aromatic rings. The van der Waals surface area contributed by atoms with Gasteiger partial charge >= 0.3 is 19.1 Å². The summed E-state index contributed by atoms with van der Waals surface area (Å²) >= 11 is 0. The Kier molecular flexibility index (Phi) is 9.95. The van der Waals surface area contributed by atoms with Crippen LogP contribution in [0, 0.1) is 40.9 Å². The lowest BCUT2D eigenvalue weighted by Gasteiger charge is -2.64. The number of fused-ring (bicyclic) bond motifs is 3. The average Bonchev–Trinajstić information content (AvgIpc) is 3.01. The standard InChI is InChI=1S/C34H49BN2O8/c1-10-32(7)17-27(33(8)20(2)13-15-34(24(33)6,16-14-21(3)38)23(5)30(32)40)45-28(39)19-44-26-12-11-25-18-36-37(31(41)43-9)35(42)29(25)22(26)4/h10-12,18,20,23-24,27,30,40,42H,1,13-17,19H2,2-9H3/t20-,23+,24+,27-,30+,32-,33-,34+/m1/s1. The van der Waals surface area contributed by atoms with E-state index in [9.17, 15) is 24.5 Å². The van der Waals surface area contributed by atoms with Crippen LogP contribution in [0.15, 0.2) is 29.9 Å². The molecule has 2 fully saturated rings. The van der Waals surface area contributed by atoms with Crippen molar-refractivity contribution in [2.45, 2.75) is 92.8 Å². The zero-order chi connectivity index (χ0) is 33.5. The topological polar surface area (TPSA) is 135 Å². The van der Waals surface area contributed by atoms with Gasteiger partial charge in [0, 0.05) is 17.3 Å². The van der Waals surface area contributed by atoms with Crippen LogP contribution in [0.1, 0.15) is 84.8 Å². The number of nitrogens with zero attached hydrogens (tertiary/aromatic N) is 2. The van der Waals surface area contributed by atoms with Crippen LogP contribution in [-0.4, -0.2) is 72.1 Å². The number of aliphatic hydroxyl groups is 1. The van der Waals surface area contributed by atoms with Gasteiger partial charge in [0.1, 0.15) is 17.6 Å². The van der Waals surface area contributed by atoms with Crippen LogP contribution in [0.3, 0.4) is 0 Å². The maximum absolute atomic E-state index is 13.6. The summed E-state index contributed by atoms with van der Waals surface area (Å²) < 4.78 is 17.0. The number of ether oxygens (including phenoxy) is 3. The number of ketones is 1. The zero-order valence-corrected chi connectivity index (χ0v) is 28.0. The fraction of sp³-hybridized carbons (Fsp3) is 0.647. The van der Waals surface area contributed by atoms with E-state index in [4.69, 9.17) is 14.2 Å². The lowest BCUT2D eigenvalue weighted by atomic mass is 9.42. The molecule has 45 heavy (non-hydrogen) atoms. The third-order valence-corrected chi connectivity index (χ3v) is 12.0. The monoisotopic (exact) mass is 624 g/mol. The number of benzene rings is 1. The summed E-state index contributed by atoms with van der Waals surface area (Å²) in [7, 11) is -0.181. The number of rotatable bonds is 8. The third kappa shape index (κ3) is 5.94. The summed E-state index contributed by atoms with van der Waals surface area (Å²) in [5, 5.41) is 26.7. The van der Waals surface area contributed by atoms with Gasteiger partial charge in [0.25, 0.3) is 0 Å². The molecule has 0 spiro atoms. The first kappa shape index (κ1) is 34.7. The van der Waals surface area contributed by atoms with Crippen molar-refractivity contribution in [1.29, 1.82) is 0 Å². The number of methoxy groups -OCH3 is 1. The van der Waals surface area contributed by atoms with E-state index < -0.39 is 42.2 Å². The molecule has 1 aliphatic heterocycles. The molecule has 0 unspecified atom stereocenters. The lowest BCUT2D eigenvalue weighted by molar-refractivity contribution is -0.213. The number of carbonyl (C=O) groups is 3. The molecule has 0 saturated heterocycles. The average molecular weight is 625 g/mol. The van der Waals surface area contributed by atoms with Crippen LogP contribution in [0.25, 0.3) is 0 Å². The van der Waals surface area contributed by atoms with Gasteiger partial charge in [-0.15, -0.1) is 6.58 Å². The number of esters is 1. The fourth-order valence-corrected chi connectivity index (χ4v) is 8.47. The van der Waals surface area contributed by atoms with Crippen molar-refractivity contribution in [3.63, 3.8) is 0 Å². The number of carbonyl (C=O) groups excluding carboxylic acids is 3. The molecule has 2 aliphatic carbocycles. The van der Waals surface area contributed by atoms with Gasteiger partial charge < -0.3 is 29.1 Å². The van der Waals surface area contributed by atoms with Crippen molar-refractivity contribution < 1.29 is 38.7 Å². The summed E-state index contributed by atoms with van der Waals surface area (Å²) in [5.74, 6) is 0.111. The second kappa shape index (κ2) is 12.9. The van der Waals surface area contributed by atoms with E-state index in [1.54, 1.807) is 32.1 Å². The largest absolute Gasteiger partial charge is 0.482 e. The van der Waals surface area contributed by atoms with E-state index in [1.807, 2.05) is 6.92 Å². The van der Waals surface area contributed by atoms with Gasteiger partial charge in [-0.2, -0.15) is 5.10 Å². The molecular formula is C34H49BN2O8. The van der Waals surface area contributed by atoms with E-state index >= 15 is 0 Å². The highest BCUT2D eigenvalue weighted by molar-refractivity contribution is 6.68. The highest BCUT2D eigenvalue weighted by Crippen LogP contribution is 2.65. The van der Waals surface area contributed by atoms with Crippen LogP contribution in [0.5, 0.6) is 5.75 Å². The fourth-order valence-electron chi connectivity index (χ4n) is 8.47. The second-order valence-corrected chi connectivity index (χ2v) is 14.0. The summed E-state index contributed by atoms with van der Waals surface area (Å²) in [6, 6.07) is 3.39. The van der Waals surface area contributed by atoms with Gasteiger partial charge in [0.05, 0.1) is 19.4 Å². The van der Waals surface area contributed by atoms with Gasteiger partial charge in [-0.05, 0) is 85.4 Å². The molecule has 11 heteroatoms. The SMILES string of the molecule is C=C[C@]1(C)C[C@@H](OC(=O)COc2ccc3c(c2C)B(O)N(C(=O)OC)N=C3)[C@]2(C)[C@H](C)CC[C@@](CCC(C)=O)([C@H]2C)[C@@H](C)[C@@H]1O. The van der Waals surface area contributed by atoms with Crippen LogP contribution in [0.4, 0.5) is 4.79 Å². The Bertz CT molecular complexity index is 1370. The smallest absolute Gasteiger partial charge is 0.479 e. The normalized spacial score (nSPS) is 34.2. The number of aliphatic hydroxyl groups excluding tert-OH is 1. The highest BCUT2D eigenvalue weighted by Gasteiger charge is 2.62. The summed E-state index contributed by atoms with van der Waals surface area (Å²) in [6.45, 7) is 17.7. The number of Topliss-reactive ketones (excluding diaryl/α,β-unsaturated/α-hetero) is 1. The van der Waals surface area contributed by atoms with Crippen LogP contribution < -0.4 is 10.2 Å². The Labute approximate surface area is 267 Å². The lowest BCUT2D eigenvalue weighted by Crippen LogP contribution is -2.62. The van der Waals surface area contributed by atoms with E-state index in [1.165, 1.54) is 13.3 Å². The number of amides is 1. The van der Waals surface area contributed by atoms with Crippen LogP contribution in [0.2, 0.25) is 0 Å². The molecule has 246 valence electrons. The zero-order valence-electron chi connectivity index (χ0n) is 28.0. The van der Waals surface area contributed by atoms with Crippen molar-refractivity contribution >= 4 is 36.6 Å². The Balaban J connectivity index is 1.62. The maximum atomic E-state index is 13.6. The molecule has 3 aliphatic rings. The predicted octanol–water partition coefficient (Wildman–Crippen LogP) is 4.41. The van der Waals surface area contributed by atoms with E-state index in [2.05, 4.69) is 39.4 Å². The first-order valence-electron chi connectivity index (χ1n) is 15.9. The number of hydrogen-bond donors (Lipinski definition) is 2. The molecule has 2 bridgehead atoms. The van der Waals surface area contributed by atoms with Crippen molar-refractivity contribution in [2.75, 3.05) is 13.7 Å². The molecule has 4 rings (SSSR count). The minimum absolute atomic E-state index is 0.0506. The Hall–Kier alpha value is -3.18. The molecule has 8 atom stereocenters. The molecule has 10 nitrogen and oxygen atoms in total.